The minimum Gasteiger partial charge on any atom is -0.347 e. The van der Waals surface area contributed by atoms with E-state index in [1.54, 1.807) is 0 Å². The Morgan fingerprint density at radius 2 is 1.93 bits per heavy atom. The number of piperidine rings is 1. The second kappa shape index (κ2) is 7.75. The predicted molar refractivity (Wildman–Crippen MR) is 90.9 cm³/mol. The topological polar surface area (TPSA) is 84.3 Å². The first-order valence-corrected chi connectivity index (χ1v) is 8.27. The van der Waals surface area contributed by atoms with Gasteiger partial charge in [-0.1, -0.05) is 6.07 Å². The maximum Gasteiger partial charge on any atom is 0.282 e. The van der Waals surface area contributed by atoms with Gasteiger partial charge in [-0.15, -0.1) is 0 Å². The molecule has 1 heterocycles. The monoisotopic (exact) mass is 379 g/mol. The molecule has 2 atom stereocenters. The normalized spacial score (nSPS) is 19.5. The maximum atomic E-state index is 13.6. The molecule has 1 aliphatic rings. The highest BCUT2D eigenvalue weighted by Gasteiger charge is 2.30. The van der Waals surface area contributed by atoms with Crippen molar-refractivity contribution in [2.45, 2.75) is 18.4 Å². The lowest BCUT2D eigenvalue weighted by atomic mass is 9.85. The third-order valence-electron chi connectivity index (χ3n) is 4.57. The first-order chi connectivity index (χ1) is 12.9. The summed E-state index contributed by atoms with van der Waals surface area (Å²) in [4.78, 5) is 22.9. The van der Waals surface area contributed by atoms with Gasteiger partial charge in [0, 0.05) is 24.6 Å². The molecule has 0 aliphatic carbocycles. The van der Waals surface area contributed by atoms with Crippen molar-refractivity contribution in [2.24, 2.45) is 0 Å². The molecule has 6 nitrogen and oxygen atoms in total. The summed E-state index contributed by atoms with van der Waals surface area (Å²) in [7, 11) is 0. The maximum absolute atomic E-state index is 13.6. The first-order valence-electron chi connectivity index (χ1n) is 8.27. The Morgan fingerprint density at radius 1 is 1.15 bits per heavy atom. The molecule has 0 radical (unpaired) electrons. The Hall–Kier alpha value is -2.94. The van der Waals surface area contributed by atoms with Crippen LogP contribution in [0.25, 0.3) is 0 Å². The van der Waals surface area contributed by atoms with E-state index in [1.165, 1.54) is 6.07 Å². The molecule has 27 heavy (non-hydrogen) atoms. The van der Waals surface area contributed by atoms with Gasteiger partial charge in [0.25, 0.3) is 11.6 Å². The molecule has 2 unspecified atom stereocenters. The Balaban J connectivity index is 1.86. The van der Waals surface area contributed by atoms with Crippen LogP contribution in [0.3, 0.4) is 0 Å². The van der Waals surface area contributed by atoms with E-state index in [0.717, 1.165) is 30.3 Å². The Bertz CT molecular complexity index is 891. The van der Waals surface area contributed by atoms with Gasteiger partial charge in [0.2, 0.25) is 0 Å². The average Bonchev–Trinajstić information content (AvgIpc) is 2.64. The second-order valence-electron chi connectivity index (χ2n) is 6.27. The molecule has 9 heteroatoms. The SMILES string of the molecule is O=C(NC1CNCCC1c1ccc(F)c(F)c1)c1cc(F)ccc1[N+](=O)[O-]. The van der Waals surface area contributed by atoms with Crippen molar-refractivity contribution in [3.63, 3.8) is 0 Å². The van der Waals surface area contributed by atoms with Crippen LogP contribution in [0.4, 0.5) is 18.9 Å². The van der Waals surface area contributed by atoms with Crippen molar-refractivity contribution in [1.29, 1.82) is 0 Å². The zero-order valence-electron chi connectivity index (χ0n) is 14.0. The van der Waals surface area contributed by atoms with Gasteiger partial charge in [0.1, 0.15) is 11.4 Å². The highest BCUT2D eigenvalue weighted by molar-refractivity contribution is 5.98. The number of rotatable bonds is 4. The molecule has 2 aromatic rings. The zero-order chi connectivity index (χ0) is 19.6. The molecule has 0 saturated carbocycles. The van der Waals surface area contributed by atoms with Gasteiger partial charge in [-0.25, -0.2) is 13.2 Å². The lowest BCUT2D eigenvalue weighted by Crippen LogP contribution is -2.50. The average molecular weight is 379 g/mol. The first kappa shape index (κ1) is 18.8. The number of carbonyl (C=O) groups is 1. The number of nitrogens with zero attached hydrogens (tertiary/aromatic N) is 1. The summed E-state index contributed by atoms with van der Waals surface area (Å²) in [6.45, 7) is 0.939. The van der Waals surface area contributed by atoms with Crippen LogP contribution in [0.2, 0.25) is 0 Å². The Labute approximate surface area is 152 Å². The number of benzene rings is 2. The standard InChI is InChI=1S/C18H16F3N3O3/c19-11-2-4-17(24(26)27)13(8-11)18(25)23-16-9-22-6-5-12(16)10-1-3-14(20)15(21)7-10/h1-4,7-8,12,16,22H,5-6,9H2,(H,23,25). The molecule has 0 bridgehead atoms. The molecular weight excluding hydrogens is 363 g/mol. The third kappa shape index (κ3) is 4.08. The fraction of sp³-hybridized carbons (Fsp3) is 0.278. The summed E-state index contributed by atoms with van der Waals surface area (Å²) in [6.07, 6.45) is 0.543. The van der Waals surface area contributed by atoms with Crippen LogP contribution in [0.15, 0.2) is 36.4 Å². The Morgan fingerprint density at radius 3 is 2.63 bits per heavy atom. The molecule has 1 aliphatic heterocycles. The van der Waals surface area contributed by atoms with Crippen LogP contribution < -0.4 is 10.6 Å². The molecule has 2 N–H and O–H groups in total. The lowest BCUT2D eigenvalue weighted by molar-refractivity contribution is -0.385. The number of nitrogens with one attached hydrogen (secondary N) is 2. The molecule has 142 valence electrons. The van der Waals surface area contributed by atoms with E-state index in [0.29, 0.717) is 25.1 Å². The highest BCUT2D eigenvalue weighted by atomic mass is 19.2. The van der Waals surface area contributed by atoms with Gasteiger partial charge in [0.15, 0.2) is 11.6 Å². The van der Waals surface area contributed by atoms with E-state index in [-0.39, 0.29) is 5.92 Å². The predicted octanol–water partition coefficient (Wildman–Crippen LogP) is 2.89. The molecule has 2 aromatic carbocycles. The van der Waals surface area contributed by atoms with Crippen molar-refractivity contribution in [3.05, 3.63) is 75.1 Å². The van der Waals surface area contributed by atoms with E-state index in [9.17, 15) is 28.1 Å². The van der Waals surface area contributed by atoms with Crippen molar-refractivity contribution >= 4 is 11.6 Å². The molecule has 3 rings (SSSR count). The Kier molecular flexibility index (Phi) is 5.41. The van der Waals surface area contributed by atoms with Crippen LogP contribution in [0.5, 0.6) is 0 Å². The summed E-state index contributed by atoms with van der Waals surface area (Å²) in [5.74, 6) is -3.86. The number of amides is 1. The molecule has 1 saturated heterocycles. The van der Waals surface area contributed by atoms with Crippen molar-refractivity contribution in [2.75, 3.05) is 13.1 Å². The molecule has 0 aromatic heterocycles. The fourth-order valence-electron chi connectivity index (χ4n) is 3.25. The summed E-state index contributed by atoms with van der Waals surface area (Å²) >= 11 is 0. The zero-order valence-corrected chi connectivity index (χ0v) is 14.0. The van der Waals surface area contributed by atoms with E-state index < -0.39 is 45.6 Å². The van der Waals surface area contributed by atoms with E-state index in [4.69, 9.17) is 0 Å². The fourth-order valence-corrected chi connectivity index (χ4v) is 3.25. The number of halogens is 3. The summed E-state index contributed by atoms with van der Waals surface area (Å²) < 4.78 is 40.3. The quantitative estimate of drug-likeness (QED) is 0.632. The van der Waals surface area contributed by atoms with E-state index in [2.05, 4.69) is 10.6 Å². The van der Waals surface area contributed by atoms with E-state index in [1.807, 2.05) is 0 Å². The molecule has 1 amide bonds. The minimum atomic E-state index is -0.989. The number of nitro groups is 1. The summed E-state index contributed by atoms with van der Waals surface area (Å²) in [6, 6.07) is 5.64. The van der Waals surface area contributed by atoms with Crippen LogP contribution in [-0.4, -0.2) is 30.0 Å². The number of carbonyl (C=O) groups excluding carboxylic acids is 1. The molecular formula is C18H16F3N3O3. The van der Waals surface area contributed by atoms with Crippen molar-refractivity contribution in [3.8, 4) is 0 Å². The van der Waals surface area contributed by atoms with Crippen LogP contribution in [0, 0.1) is 27.6 Å². The van der Waals surface area contributed by atoms with Gasteiger partial charge < -0.3 is 10.6 Å². The van der Waals surface area contributed by atoms with Crippen molar-refractivity contribution < 1.29 is 22.9 Å². The van der Waals surface area contributed by atoms with Gasteiger partial charge >= 0.3 is 0 Å². The molecule has 0 spiro atoms. The number of hydrogen-bond donors (Lipinski definition) is 2. The van der Waals surface area contributed by atoms with Gasteiger partial charge in [-0.2, -0.15) is 0 Å². The van der Waals surface area contributed by atoms with E-state index >= 15 is 0 Å². The van der Waals surface area contributed by atoms with Crippen LogP contribution in [-0.2, 0) is 0 Å². The number of hydrogen-bond acceptors (Lipinski definition) is 4. The minimum absolute atomic E-state index is 0.321. The molecule has 1 fully saturated rings. The van der Waals surface area contributed by atoms with Gasteiger partial charge in [-0.05, 0) is 42.8 Å². The smallest absolute Gasteiger partial charge is 0.282 e. The second-order valence-corrected chi connectivity index (χ2v) is 6.27. The summed E-state index contributed by atoms with van der Waals surface area (Å²) in [5.41, 5.74) is -0.397. The van der Waals surface area contributed by atoms with Crippen LogP contribution in [0.1, 0.15) is 28.3 Å². The highest BCUT2D eigenvalue weighted by Crippen LogP contribution is 2.28. The van der Waals surface area contributed by atoms with Gasteiger partial charge in [0.05, 0.1) is 4.92 Å². The largest absolute Gasteiger partial charge is 0.347 e. The summed E-state index contributed by atoms with van der Waals surface area (Å²) in [5, 5.41) is 16.8. The number of nitro benzene ring substituents is 1. The lowest BCUT2D eigenvalue weighted by Gasteiger charge is -2.33. The third-order valence-corrected chi connectivity index (χ3v) is 4.57. The van der Waals surface area contributed by atoms with Crippen molar-refractivity contribution in [1.82, 2.24) is 10.6 Å². The van der Waals surface area contributed by atoms with Crippen LogP contribution >= 0.6 is 0 Å². The van der Waals surface area contributed by atoms with Gasteiger partial charge in [-0.3, -0.25) is 14.9 Å².